The number of nitrogens with zero attached hydrogens (tertiary/aromatic N) is 4. The number of aromatic nitrogens is 3. The van der Waals surface area contributed by atoms with Crippen molar-refractivity contribution in [3.8, 4) is 0 Å². The lowest BCUT2D eigenvalue weighted by atomic mass is 10.0. The van der Waals surface area contributed by atoms with Crippen LogP contribution in [0.3, 0.4) is 0 Å². The molecule has 0 unspecified atom stereocenters. The average molecular weight is 427 g/mol. The summed E-state index contributed by atoms with van der Waals surface area (Å²) in [6.07, 6.45) is 3.05. The summed E-state index contributed by atoms with van der Waals surface area (Å²) in [5.41, 5.74) is 3.25. The first-order chi connectivity index (χ1) is 14.8. The highest BCUT2D eigenvalue weighted by atomic mass is 19.3. The molecule has 1 aliphatic heterocycles. The van der Waals surface area contributed by atoms with Crippen LogP contribution in [0.15, 0.2) is 36.5 Å². The second kappa shape index (κ2) is 8.34. The fourth-order valence-electron chi connectivity index (χ4n) is 3.95. The zero-order chi connectivity index (χ0) is 22.2. The molecule has 6 nitrogen and oxygen atoms in total. The first-order valence-electron chi connectivity index (χ1n) is 10.4. The Morgan fingerprint density at radius 1 is 1.26 bits per heavy atom. The van der Waals surface area contributed by atoms with Gasteiger partial charge in [0.15, 0.2) is 5.82 Å². The summed E-state index contributed by atoms with van der Waals surface area (Å²) < 4.78 is 33.0. The van der Waals surface area contributed by atoms with Gasteiger partial charge in [-0.2, -0.15) is 5.10 Å². The van der Waals surface area contributed by atoms with E-state index in [-0.39, 0.29) is 17.7 Å². The molecule has 4 rings (SSSR count). The summed E-state index contributed by atoms with van der Waals surface area (Å²) in [4.78, 5) is 6.89. The maximum atomic E-state index is 13.8. The molecule has 2 aromatic heterocycles. The van der Waals surface area contributed by atoms with Gasteiger partial charge in [-0.25, -0.2) is 8.78 Å². The van der Waals surface area contributed by atoms with Crippen molar-refractivity contribution in [3.63, 3.8) is 0 Å². The number of hydrogen-bond donors (Lipinski definition) is 1. The van der Waals surface area contributed by atoms with E-state index in [0.717, 1.165) is 54.3 Å². The molecule has 0 spiro atoms. The Morgan fingerprint density at radius 3 is 2.77 bits per heavy atom. The van der Waals surface area contributed by atoms with Crippen LogP contribution >= 0.6 is 0 Å². The minimum Gasteiger partial charge on any atom is -0.380 e. The molecule has 31 heavy (non-hydrogen) atoms. The van der Waals surface area contributed by atoms with Crippen LogP contribution in [0.5, 0.6) is 0 Å². The summed E-state index contributed by atoms with van der Waals surface area (Å²) in [6, 6.07) is 8.27. The van der Waals surface area contributed by atoms with Gasteiger partial charge in [0.25, 0.3) is 5.92 Å². The molecule has 8 heteroatoms. The number of hydrogen-bond acceptors (Lipinski definition) is 6. The van der Waals surface area contributed by atoms with Crippen molar-refractivity contribution in [3.05, 3.63) is 53.3 Å². The summed E-state index contributed by atoms with van der Waals surface area (Å²) >= 11 is 0. The topological polar surface area (TPSA) is 63.2 Å². The normalized spacial score (nSPS) is 17.9. The minimum atomic E-state index is -2.89. The fraction of sp³-hybridized carbons (Fsp3) is 0.435. The second-order valence-corrected chi connectivity index (χ2v) is 8.20. The largest absolute Gasteiger partial charge is 0.380 e. The molecule has 0 radical (unpaired) electrons. The lowest BCUT2D eigenvalue weighted by Crippen LogP contribution is -2.22. The second-order valence-electron chi connectivity index (χ2n) is 8.20. The number of nitrogens with one attached hydrogen (secondary N) is 1. The van der Waals surface area contributed by atoms with E-state index >= 15 is 0 Å². The molecule has 1 aliphatic rings. The van der Waals surface area contributed by atoms with Crippen molar-refractivity contribution in [2.75, 3.05) is 30.4 Å². The molecule has 1 fully saturated rings. The van der Waals surface area contributed by atoms with Crippen molar-refractivity contribution in [2.45, 2.75) is 45.3 Å². The third-order valence-corrected chi connectivity index (χ3v) is 5.86. The lowest BCUT2D eigenvalue weighted by Gasteiger charge is -2.21. The maximum Gasteiger partial charge on any atom is 0.270 e. The van der Waals surface area contributed by atoms with Crippen molar-refractivity contribution in [1.82, 2.24) is 15.2 Å². The van der Waals surface area contributed by atoms with Crippen LogP contribution in [0.25, 0.3) is 10.9 Å². The molecule has 1 aromatic carbocycles. The Balaban J connectivity index is 1.66. The van der Waals surface area contributed by atoms with Crippen LogP contribution in [-0.2, 0) is 10.7 Å². The van der Waals surface area contributed by atoms with Gasteiger partial charge < -0.3 is 15.0 Å². The number of alkyl halides is 2. The van der Waals surface area contributed by atoms with Crippen molar-refractivity contribution >= 4 is 22.4 Å². The molecule has 1 N–H and O–H groups in total. The Bertz CT molecular complexity index is 1090. The van der Waals surface area contributed by atoms with Gasteiger partial charge in [0.2, 0.25) is 0 Å². The van der Waals surface area contributed by atoms with Crippen LogP contribution in [0.2, 0.25) is 0 Å². The first-order valence-corrected chi connectivity index (χ1v) is 10.4. The molecule has 1 saturated heterocycles. The number of fused-ring (bicyclic) bond motifs is 1. The van der Waals surface area contributed by atoms with E-state index in [2.05, 4.69) is 31.5 Å². The summed E-state index contributed by atoms with van der Waals surface area (Å²) in [5, 5.41) is 12.8. The fourth-order valence-corrected chi connectivity index (χ4v) is 3.95. The number of methoxy groups -OCH3 is 1. The zero-order valence-corrected chi connectivity index (χ0v) is 18.2. The summed E-state index contributed by atoms with van der Waals surface area (Å²) in [6.45, 7) is 6.42. The first kappa shape index (κ1) is 21.4. The average Bonchev–Trinajstić information content (AvgIpc) is 3.24. The van der Waals surface area contributed by atoms with Gasteiger partial charge in [-0.15, -0.1) is 5.10 Å². The van der Waals surface area contributed by atoms with Crippen LogP contribution in [0.4, 0.5) is 20.3 Å². The van der Waals surface area contributed by atoms with E-state index in [1.807, 2.05) is 26.1 Å². The quantitative estimate of drug-likeness (QED) is 0.607. The van der Waals surface area contributed by atoms with E-state index in [4.69, 9.17) is 4.74 Å². The number of pyridine rings is 1. The maximum absolute atomic E-state index is 13.8. The van der Waals surface area contributed by atoms with Crippen molar-refractivity contribution in [2.24, 2.45) is 0 Å². The monoisotopic (exact) mass is 427 g/mol. The van der Waals surface area contributed by atoms with Gasteiger partial charge in [0.1, 0.15) is 0 Å². The molecule has 0 saturated carbocycles. The van der Waals surface area contributed by atoms with Gasteiger partial charge in [-0.3, -0.25) is 4.98 Å². The molecule has 0 amide bonds. The standard InChI is InChI=1S/C23H27F2N5O/c1-14(16-6-5-7-17(10-16)23(3,24)25)27-22-20-11-18(30-9-8-19(13-30)31-4)12-26-21(20)15(2)28-29-22/h5-7,10-12,14,19H,8-9,13H2,1-4H3,(H,27,29)/t14-,19+/m1/s1. The minimum absolute atomic E-state index is 0.0100. The van der Waals surface area contributed by atoms with Gasteiger partial charge >= 0.3 is 0 Å². The SMILES string of the molecule is CO[C@H]1CCN(c2cnc3c(C)nnc(N[C@H](C)c4cccc(C(C)(F)F)c4)c3c2)C1. The predicted octanol–water partition coefficient (Wildman–Crippen LogP) is 4.84. The highest BCUT2D eigenvalue weighted by Gasteiger charge is 2.25. The Morgan fingerprint density at radius 2 is 2.06 bits per heavy atom. The number of benzene rings is 1. The lowest BCUT2D eigenvalue weighted by molar-refractivity contribution is 0.0174. The zero-order valence-electron chi connectivity index (χ0n) is 18.2. The van der Waals surface area contributed by atoms with Gasteiger partial charge in [0.05, 0.1) is 35.2 Å². The molecular formula is C23H27F2N5O. The van der Waals surface area contributed by atoms with Gasteiger partial charge in [-0.05, 0) is 38.0 Å². The van der Waals surface area contributed by atoms with Crippen LogP contribution in [0.1, 0.15) is 43.1 Å². The van der Waals surface area contributed by atoms with Crippen molar-refractivity contribution in [1.29, 1.82) is 0 Å². The third-order valence-electron chi connectivity index (χ3n) is 5.86. The smallest absolute Gasteiger partial charge is 0.270 e. The Labute approximate surface area is 180 Å². The molecule has 0 bridgehead atoms. The van der Waals surface area contributed by atoms with Gasteiger partial charge in [-0.1, -0.05) is 18.2 Å². The van der Waals surface area contributed by atoms with Crippen molar-refractivity contribution < 1.29 is 13.5 Å². The summed E-state index contributed by atoms with van der Waals surface area (Å²) in [7, 11) is 1.73. The molecule has 2 atom stereocenters. The summed E-state index contributed by atoms with van der Waals surface area (Å²) in [5.74, 6) is -2.31. The van der Waals surface area contributed by atoms with E-state index in [1.54, 1.807) is 13.2 Å². The molecular weight excluding hydrogens is 400 g/mol. The third kappa shape index (κ3) is 4.44. The number of halogens is 2. The van der Waals surface area contributed by atoms with Gasteiger partial charge in [0, 0.05) is 38.1 Å². The van der Waals surface area contributed by atoms with E-state index in [9.17, 15) is 8.78 Å². The highest BCUT2D eigenvalue weighted by molar-refractivity contribution is 5.92. The van der Waals surface area contributed by atoms with E-state index in [0.29, 0.717) is 5.82 Å². The van der Waals surface area contributed by atoms with Crippen LogP contribution in [-0.4, -0.2) is 41.5 Å². The molecule has 3 heterocycles. The number of anilines is 2. The number of ether oxygens (including phenoxy) is 1. The Hall–Kier alpha value is -2.87. The number of aryl methyl sites for hydroxylation is 1. The molecule has 164 valence electrons. The van der Waals surface area contributed by atoms with Crippen LogP contribution in [0, 0.1) is 6.92 Å². The number of rotatable bonds is 6. The molecule has 3 aromatic rings. The van der Waals surface area contributed by atoms with E-state index < -0.39 is 5.92 Å². The molecule has 0 aliphatic carbocycles. The van der Waals surface area contributed by atoms with E-state index in [1.165, 1.54) is 12.1 Å². The Kier molecular flexibility index (Phi) is 5.75. The predicted molar refractivity (Wildman–Crippen MR) is 118 cm³/mol. The van der Waals surface area contributed by atoms with Crippen LogP contribution < -0.4 is 10.2 Å². The highest BCUT2D eigenvalue weighted by Crippen LogP contribution is 2.32.